The number of carbonyl (C=O) groups excluding carboxylic acids is 1. The number of hydrogen-bond acceptors (Lipinski definition) is 3. The van der Waals surface area contributed by atoms with Gasteiger partial charge in [0.2, 0.25) is 5.91 Å². The van der Waals surface area contributed by atoms with Crippen molar-refractivity contribution in [1.29, 1.82) is 0 Å². The van der Waals surface area contributed by atoms with Gasteiger partial charge in [0.15, 0.2) is 0 Å². The summed E-state index contributed by atoms with van der Waals surface area (Å²) in [4.78, 5) is 14.0. The molecule has 1 aliphatic heterocycles. The van der Waals surface area contributed by atoms with Crippen molar-refractivity contribution < 1.29 is 4.79 Å². The zero-order chi connectivity index (χ0) is 13.7. The summed E-state index contributed by atoms with van der Waals surface area (Å²) in [6.45, 7) is 2.64. The summed E-state index contributed by atoms with van der Waals surface area (Å²) in [6.07, 6.45) is 1.60. The van der Waals surface area contributed by atoms with Gasteiger partial charge in [0.1, 0.15) is 0 Å². The Kier molecular flexibility index (Phi) is 4.80. The highest BCUT2D eigenvalue weighted by Crippen LogP contribution is 2.33. The van der Waals surface area contributed by atoms with Crippen LogP contribution in [0, 0.1) is 0 Å². The van der Waals surface area contributed by atoms with E-state index in [1.807, 2.05) is 31.1 Å². The molecular formula is C15H23N3O. The summed E-state index contributed by atoms with van der Waals surface area (Å²) in [5, 5.41) is 6.47. The molecule has 0 spiro atoms. The molecule has 1 amide bonds. The number of benzene rings is 1. The van der Waals surface area contributed by atoms with Gasteiger partial charge >= 0.3 is 0 Å². The van der Waals surface area contributed by atoms with E-state index in [-0.39, 0.29) is 5.91 Å². The van der Waals surface area contributed by atoms with E-state index in [1.165, 1.54) is 11.3 Å². The van der Waals surface area contributed by atoms with E-state index in [2.05, 4.69) is 22.8 Å². The first kappa shape index (κ1) is 13.9. The van der Waals surface area contributed by atoms with Crippen LogP contribution in [0.25, 0.3) is 0 Å². The van der Waals surface area contributed by atoms with Crippen LogP contribution >= 0.6 is 0 Å². The lowest BCUT2D eigenvalue weighted by atomic mass is 9.97. The molecule has 19 heavy (non-hydrogen) atoms. The molecule has 1 aromatic rings. The third-order valence-corrected chi connectivity index (χ3v) is 3.71. The minimum absolute atomic E-state index is 0.236. The van der Waals surface area contributed by atoms with Crippen LogP contribution < -0.4 is 10.6 Å². The first-order valence-electron chi connectivity index (χ1n) is 6.93. The third-order valence-electron chi connectivity index (χ3n) is 3.71. The van der Waals surface area contributed by atoms with E-state index in [9.17, 15) is 4.79 Å². The van der Waals surface area contributed by atoms with Crippen LogP contribution in [-0.4, -0.2) is 44.5 Å². The smallest absolute Gasteiger partial charge is 0.222 e. The highest BCUT2D eigenvalue weighted by Gasteiger charge is 2.25. The zero-order valence-electron chi connectivity index (χ0n) is 11.8. The Morgan fingerprint density at radius 3 is 3.05 bits per heavy atom. The first-order chi connectivity index (χ1) is 9.22. The highest BCUT2D eigenvalue weighted by molar-refractivity contribution is 5.78. The minimum Gasteiger partial charge on any atom is -0.384 e. The maximum Gasteiger partial charge on any atom is 0.222 e. The molecule has 1 aromatic carbocycles. The summed E-state index contributed by atoms with van der Waals surface area (Å²) in [5.41, 5.74) is 2.46. The maximum absolute atomic E-state index is 12.2. The summed E-state index contributed by atoms with van der Waals surface area (Å²) in [5.74, 6) is 0.551. The van der Waals surface area contributed by atoms with Crippen LogP contribution in [0.2, 0.25) is 0 Å². The first-order valence-corrected chi connectivity index (χ1v) is 6.93. The molecule has 0 saturated heterocycles. The normalized spacial score (nSPS) is 16.8. The molecule has 4 nitrogen and oxygen atoms in total. The second-order valence-electron chi connectivity index (χ2n) is 5.14. The summed E-state index contributed by atoms with van der Waals surface area (Å²) in [6, 6.07) is 8.27. The lowest BCUT2D eigenvalue weighted by molar-refractivity contribution is -0.130. The number of rotatable bonds is 6. The lowest BCUT2D eigenvalue weighted by Gasteiger charge is -2.19. The largest absolute Gasteiger partial charge is 0.384 e. The standard InChI is InChI=1S/C15H23N3O/c1-16-8-5-9-18(2)15(19)10-12-11-17-14-7-4-3-6-13(12)14/h3-4,6-7,12,16-17H,5,8-11H2,1-2H3. The zero-order valence-corrected chi connectivity index (χ0v) is 11.8. The SMILES string of the molecule is CNCCCN(C)C(=O)CC1CNc2ccccc21. The van der Waals surface area contributed by atoms with Crippen molar-refractivity contribution in [1.82, 2.24) is 10.2 Å². The Morgan fingerprint density at radius 1 is 1.47 bits per heavy atom. The molecule has 0 aliphatic carbocycles. The molecule has 1 atom stereocenters. The fourth-order valence-corrected chi connectivity index (χ4v) is 2.52. The van der Waals surface area contributed by atoms with Crippen LogP contribution in [0.15, 0.2) is 24.3 Å². The van der Waals surface area contributed by atoms with Gasteiger partial charge in [0.25, 0.3) is 0 Å². The van der Waals surface area contributed by atoms with Gasteiger partial charge in [0, 0.05) is 38.2 Å². The Balaban J connectivity index is 1.86. The van der Waals surface area contributed by atoms with Crippen molar-refractivity contribution in [2.75, 3.05) is 39.0 Å². The van der Waals surface area contributed by atoms with Crippen molar-refractivity contribution in [2.45, 2.75) is 18.8 Å². The lowest BCUT2D eigenvalue weighted by Crippen LogP contribution is -2.30. The molecule has 2 rings (SSSR count). The minimum atomic E-state index is 0.236. The van der Waals surface area contributed by atoms with Crippen LogP contribution in [0.1, 0.15) is 24.3 Å². The third kappa shape index (κ3) is 3.47. The van der Waals surface area contributed by atoms with Crippen molar-refractivity contribution in [3.8, 4) is 0 Å². The molecule has 0 radical (unpaired) electrons. The predicted molar refractivity (Wildman–Crippen MR) is 78.5 cm³/mol. The number of anilines is 1. The molecule has 4 heteroatoms. The quantitative estimate of drug-likeness (QED) is 0.765. The van der Waals surface area contributed by atoms with Crippen molar-refractivity contribution in [2.24, 2.45) is 0 Å². The van der Waals surface area contributed by atoms with E-state index in [0.717, 1.165) is 26.1 Å². The average Bonchev–Trinajstić information content (AvgIpc) is 2.82. The monoisotopic (exact) mass is 261 g/mol. The number of amides is 1. The summed E-state index contributed by atoms with van der Waals surface area (Å²) >= 11 is 0. The van der Waals surface area contributed by atoms with E-state index in [4.69, 9.17) is 0 Å². The molecular weight excluding hydrogens is 238 g/mol. The van der Waals surface area contributed by atoms with Gasteiger partial charge in [-0.3, -0.25) is 4.79 Å². The molecule has 1 unspecified atom stereocenters. The molecule has 104 valence electrons. The average molecular weight is 261 g/mol. The van der Waals surface area contributed by atoms with Gasteiger partial charge in [-0.15, -0.1) is 0 Å². The predicted octanol–water partition coefficient (Wildman–Crippen LogP) is 1.65. The van der Waals surface area contributed by atoms with E-state index >= 15 is 0 Å². The number of nitrogens with zero attached hydrogens (tertiary/aromatic N) is 1. The van der Waals surface area contributed by atoms with Crippen LogP contribution in [0.4, 0.5) is 5.69 Å². The van der Waals surface area contributed by atoms with Crippen LogP contribution in [0.5, 0.6) is 0 Å². The molecule has 1 aliphatic rings. The molecule has 2 N–H and O–H groups in total. The Labute approximate surface area is 115 Å². The second-order valence-corrected chi connectivity index (χ2v) is 5.14. The highest BCUT2D eigenvalue weighted by atomic mass is 16.2. The molecule has 0 bridgehead atoms. The number of para-hydroxylation sites is 1. The van der Waals surface area contributed by atoms with Crippen molar-refractivity contribution in [3.63, 3.8) is 0 Å². The van der Waals surface area contributed by atoms with Gasteiger partial charge in [-0.05, 0) is 31.6 Å². The topological polar surface area (TPSA) is 44.4 Å². The Morgan fingerprint density at radius 2 is 2.26 bits per heavy atom. The van der Waals surface area contributed by atoms with E-state index in [0.29, 0.717) is 12.3 Å². The van der Waals surface area contributed by atoms with E-state index < -0.39 is 0 Å². The number of carbonyl (C=O) groups is 1. The summed E-state index contributed by atoms with van der Waals surface area (Å²) in [7, 11) is 3.83. The van der Waals surface area contributed by atoms with E-state index in [1.54, 1.807) is 0 Å². The van der Waals surface area contributed by atoms with Gasteiger partial charge in [0.05, 0.1) is 0 Å². The van der Waals surface area contributed by atoms with Crippen LogP contribution in [0.3, 0.4) is 0 Å². The number of nitrogens with one attached hydrogen (secondary N) is 2. The van der Waals surface area contributed by atoms with Crippen molar-refractivity contribution >= 4 is 11.6 Å². The molecule has 0 fully saturated rings. The molecule has 0 saturated carbocycles. The Bertz CT molecular complexity index is 433. The maximum atomic E-state index is 12.2. The fourth-order valence-electron chi connectivity index (χ4n) is 2.52. The van der Waals surface area contributed by atoms with Crippen LogP contribution in [-0.2, 0) is 4.79 Å². The molecule has 1 heterocycles. The van der Waals surface area contributed by atoms with Gasteiger partial charge in [-0.25, -0.2) is 0 Å². The number of hydrogen-bond donors (Lipinski definition) is 2. The van der Waals surface area contributed by atoms with Gasteiger partial charge in [-0.1, -0.05) is 18.2 Å². The number of fused-ring (bicyclic) bond motifs is 1. The summed E-state index contributed by atoms with van der Waals surface area (Å²) < 4.78 is 0. The van der Waals surface area contributed by atoms with Crippen molar-refractivity contribution in [3.05, 3.63) is 29.8 Å². The Hall–Kier alpha value is -1.55. The second kappa shape index (κ2) is 6.57. The van der Waals surface area contributed by atoms with Gasteiger partial charge < -0.3 is 15.5 Å². The molecule has 0 aromatic heterocycles. The van der Waals surface area contributed by atoms with Gasteiger partial charge in [-0.2, -0.15) is 0 Å². The fraction of sp³-hybridized carbons (Fsp3) is 0.533.